The summed E-state index contributed by atoms with van der Waals surface area (Å²) >= 11 is 0. The van der Waals surface area contributed by atoms with Gasteiger partial charge in [-0.05, 0) is 13.8 Å². The molecular formula is C8H12N2O. The van der Waals surface area contributed by atoms with Crippen molar-refractivity contribution in [3.8, 4) is 0 Å². The molecule has 0 radical (unpaired) electrons. The molecule has 1 heterocycles. The van der Waals surface area contributed by atoms with Crippen LogP contribution < -0.4 is 5.32 Å². The van der Waals surface area contributed by atoms with E-state index in [-0.39, 0.29) is 6.61 Å². The van der Waals surface area contributed by atoms with E-state index >= 15 is 0 Å². The molecule has 0 saturated carbocycles. The highest BCUT2D eigenvalue weighted by Crippen LogP contribution is 2.11. The van der Waals surface area contributed by atoms with Gasteiger partial charge in [-0.2, -0.15) is 0 Å². The van der Waals surface area contributed by atoms with Crippen molar-refractivity contribution in [3.05, 3.63) is 23.7 Å². The highest BCUT2D eigenvalue weighted by Gasteiger charge is 2.09. The van der Waals surface area contributed by atoms with Gasteiger partial charge < -0.3 is 10.4 Å². The number of aliphatic imine (C=N–C) groups is 1. The van der Waals surface area contributed by atoms with Gasteiger partial charge >= 0.3 is 0 Å². The molecule has 3 nitrogen and oxygen atoms in total. The largest absolute Gasteiger partial charge is 0.390 e. The average molecular weight is 152 g/mol. The average Bonchev–Trinajstić information content (AvgIpc) is 1.97. The van der Waals surface area contributed by atoms with Crippen LogP contribution in [-0.2, 0) is 0 Å². The number of hydrogen-bond acceptors (Lipinski definition) is 3. The molecule has 1 aliphatic heterocycles. The molecule has 1 rings (SSSR count). The Morgan fingerprint density at radius 2 is 2.18 bits per heavy atom. The maximum atomic E-state index is 8.83. The van der Waals surface area contributed by atoms with E-state index in [0.717, 1.165) is 17.1 Å². The van der Waals surface area contributed by atoms with Gasteiger partial charge in [0.25, 0.3) is 0 Å². The first-order chi connectivity index (χ1) is 5.15. The Labute approximate surface area is 66.1 Å². The molecule has 0 bridgehead atoms. The van der Waals surface area contributed by atoms with E-state index in [9.17, 15) is 0 Å². The number of rotatable bonds is 1. The predicted octanol–water partition coefficient (Wildman–Crippen LogP) is 0.788. The van der Waals surface area contributed by atoms with Crippen LogP contribution in [0.3, 0.4) is 0 Å². The van der Waals surface area contributed by atoms with Crippen molar-refractivity contribution < 1.29 is 5.11 Å². The lowest BCUT2D eigenvalue weighted by molar-refractivity contribution is 0.327. The Morgan fingerprint density at radius 3 is 2.73 bits per heavy atom. The first kappa shape index (κ1) is 8.01. The van der Waals surface area contributed by atoms with Crippen LogP contribution in [0.2, 0.25) is 0 Å². The van der Waals surface area contributed by atoms with Gasteiger partial charge in [0.05, 0.1) is 23.7 Å². The van der Waals surface area contributed by atoms with Gasteiger partial charge in [-0.15, -0.1) is 0 Å². The monoisotopic (exact) mass is 152 g/mol. The molecule has 0 amide bonds. The summed E-state index contributed by atoms with van der Waals surface area (Å²) in [4.78, 5) is 4.15. The highest BCUT2D eigenvalue weighted by molar-refractivity contribution is 5.98. The summed E-state index contributed by atoms with van der Waals surface area (Å²) in [6.07, 6.45) is 0. The van der Waals surface area contributed by atoms with E-state index in [4.69, 9.17) is 5.11 Å². The maximum Gasteiger partial charge on any atom is 0.0870 e. The molecule has 11 heavy (non-hydrogen) atoms. The molecule has 0 atom stereocenters. The molecular weight excluding hydrogens is 140 g/mol. The number of nitrogens with zero attached hydrogens (tertiary/aromatic N) is 1. The Bertz CT molecular complexity index is 251. The van der Waals surface area contributed by atoms with Crippen LogP contribution in [0.1, 0.15) is 13.8 Å². The molecule has 0 aromatic heterocycles. The Hall–Kier alpha value is -1.09. The molecule has 3 heteroatoms. The predicted molar refractivity (Wildman–Crippen MR) is 45.2 cm³/mol. The zero-order valence-electron chi connectivity index (χ0n) is 6.81. The molecule has 1 aliphatic rings. The standard InChI is InChI=1S/C8H12N2O/c1-5-6(2)10-8(4-11)7(3)9-5/h9,11H,1,4H2,2-3H3. The van der Waals surface area contributed by atoms with Gasteiger partial charge in [0.1, 0.15) is 0 Å². The second-order valence-electron chi connectivity index (χ2n) is 2.53. The van der Waals surface area contributed by atoms with Gasteiger partial charge in [-0.1, -0.05) is 6.58 Å². The van der Waals surface area contributed by atoms with Crippen molar-refractivity contribution >= 4 is 5.71 Å². The molecule has 60 valence electrons. The van der Waals surface area contributed by atoms with Crippen LogP contribution in [0.15, 0.2) is 28.7 Å². The minimum atomic E-state index is -0.0244. The van der Waals surface area contributed by atoms with Crippen molar-refractivity contribution in [1.82, 2.24) is 5.32 Å². The fraction of sp³-hybridized carbons (Fsp3) is 0.375. The summed E-state index contributed by atoms with van der Waals surface area (Å²) in [5, 5.41) is 11.9. The van der Waals surface area contributed by atoms with Crippen LogP contribution in [0, 0.1) is 0 Å². The molecule has 0 aliphatic carbocycles. The van der Waals surface area contributed by atoms with Crippen LogP contribution in [-0.4, -0.2) is 17.4 Å². The lowest BCUT2D eigenvalue weighted by Gasteiger charge is -2.17. The zero-order valence-corrected chi connectivity index (χ0v) is 6.81. The fourth-order valence-electron chi connectivity index (χ4n) is 0.897. The Morgan fingerprint density at radius 1 is 1.55 bits per heavy atom. The van der Waals surface area contributed by atoms with E-state index < -0.39 is 0 Å². The summed E-state index contributed by atoms with van der Waals surface area (Å²) in [7, 11) is 0. The summed E-state index contributed by atoms with van der Waals surface area (Å²) in [5.74, 6) is 0. The topological polar surface area (TPSA) is 44.6 Å². The number of aliphatic hydroxyl groups excluding tert-OH is 1. The second-order valence-corrected chi connectivity index (χ2v) is 2.53. The van der Waals surface area contributed by atoms with Gasteiger partial charge in [0.2, 0.25) is 0 Å². The lowest BCUT2D eigenvalue weighted by atomic mass is 10.2. The SMILES string of the molecule is C=C1NC(C)=C(CO)N=C1C. The fourth-order valence-corrected chi connectivity index (χ4v) is 0.897. The Balaban J connectivity index is 2.96. The molecule has 0 spiro atoms. The molecule has 0 aromatic carbocycles. The molecule has 2 N–H and O–H groups in total. The maximum absolute atomic E-state index is 8.83. The molecule has 0 aromatic rings. The lowest BCUT2D eigenvalue weighted by Crippen LogP contribution is -2.22. The van der Waals surface area contributed by atoms with Crippen molar-refractivity contribution in [2.45, 2.75) is 13.8 Å². The second kappa shape index (κ2) is 2.88. The third-order valence-electron chi connectivity index (χ3n) is 1.66. The van der Waals surface area contributed by atoms with E-state index in [1.807, 2.05) is 13.8 Å². The van der Waals surface area contributed by atoms with Crippen molar-refractivity contribution in [2.75, 3.05) is 6.61 Å². The molecule has 0 saturated heterocycles. The van der Waals surface area contributed by atoms with Crippen LogP contribution in [0.5, 0.6) is 0 Å². The summed E-state index contributed by atoms with van der Waals surface area (Å²) in [6, 6.07) is 0. The van der Waals surface area contributed by atoms with Gasteiger partial charge in [-0.25, -0.2) is 0 Å². The van der Waals surface area contributed by atoms with E-state index in [1.54, 1.807) is 0 Å². The Kier molecular flexibility index (Phi) is 2.10. The summed E-state index contributed by atoms with van der Waals surface area (Å²) in [6.45, 7) is 7.46. The smallest absolute Gasteiger partial charge is 0.0870 e. The normalized spacial score (nSPS) is 18.1. The van der Waals surface area contributed by atoms with Gasteiger partial charge in [0.15, 0.2) is 0 Å². The third-order valence-corrected chi connectivity index (χ3v) is 1.66. The molecule has 0 unspecified atom stereocenters. The third kappa shape index (κ3) is 1.49. The van der Waals surface area contributed by atoms with Gasteiger partial charge in [0, 0.05) is 5.70 Å². The highest BCUT2D eigenvalue weighted by atomic mass is 16.3. The summed E-state index contributed by atoms with van der Waals surface area (Å²) in [5.41, 5.74) is 3.21. The van der Waals surface area contributed by atoms with Gasteiger partial charge in [-0.3, -0.25) is 4.99 Å². The van der Waals surface area contributed by atoms with E-state index in [1.165, 1.54) is 0 Å². The van der Waals surface area contributed by atoms with Crippen molar-refractivity contribution in [3.63, 3.8) is 0 Å². The zero-order chi connectivity index (χ0) is 8.43. The molecule has 0 fully saturated rings. The number of hydrogen-bond donors (Lipinski definition) is 2. The number of allylic oxidation sites excluding steroid dienone is 2. The van der Waals surface area contributed by atoms with E-state index in [0.29, 0.717) is 5.70 Å². The first-order valence-corrected chi connectivity index (χ1v) is 3.47. The van der Waals surface area contributed by atoms with E-state index in [2.05, 4.69) is 16.9 Å². The summed E-state index contributed by atoms with van der Waals surface area (Å²) < 4.78 is 0. The minimum absolute atomic E-state index is 0.0244. The quantitative estimate of drug-likeness (QED) is 0.583. The van der Waals surface area contributed by atoms with Crippen LogP contribution >= 0.6 is 0 Å². The minimum Gasteiger partial charge on any atom is -0.390 e. The van der Waals surface area contributed by atoms with Crippen LogP contribution in [0.25, 0.3) is 0 Å². The number of aliphatic hydroxyl groups is 1. The van der Waals surface area contributed by atoms with Crippen molar-refractivity contribution in [2.24, 2.45) is 4.99 Å². The number of nitrogens with one attached hydrogen (secondary N) is 1. The first-order valence-electron chi connectivity index (χ1n) is 3.47. The van der Waals surface area contributed by atoms with Crippen molar-refractivity contribution in [1.29, 1.82) is 0 Å². The van der Waals surface area contributed by atoms with Crippen LogP contribution in [0.4, 0.5) is 0 Å².